The summed E-state index contributed by atoms with van der Waals surface area (Å²) in [5.41, 5.74) is 15.8. The molecule has 0 spiro atoms. The third-order valence-corrected chi connectivity index (χ3v) is 8.16. The first-order valence-corrected chi connectivity index (χ1v) is 18.6. The molecular weight excluding hydrogens is 732 g/mol. The van der Waals surface area contributed by atoms with Crippen LogP contribution in [0.3, 0.4) is 0 Å². The molecule has 5 rings (SSSR count). The van der Waals surface area contributed by atoms with Crippen LogP contribution in [0.25, 0.3) is 33.4 Å². The van der Waals surface area contributed by atoms with Gasteiger partial charge in [-0.3, -0.25) is 4.79 Å². The molecule has 0 unspecified atom stereocenters. The number of nitrogens with two attached hydrogens (primary N) is 2. The van der Waals surface area contributed by atoms with E-state index in [2.05, 4.69) is 25.3 Å². The summed E-state index contributed by atoms with van der Waals surface area (Å²) in [5.74, 6) is 0.139. The van der Waals surface area contributed by atoms with E-state index >= 15 is 0 Å². The number of aliphatic hydroxyl groups is 1. The van der Waals surface area contributed by atoms with Gasteiger partial charge in [0.25, 0.3) is 6.01 Å². The second-order valence-electron chi connectivity index (χ2n) is 12.3. The number of anilines is 2. The summed E-state index contributed by atoms with van der Waals surface area (Å²) >= 11 is 0. The summed E-state index contributed by atoms with van der Waals surface area (Å²) < 4.78 is 47.4. The smallest absolute Gasteiger partial charge is 0.292 e. The highest BCUT2D eigenvalue weighted by molar-refractivity contribution is 5.99. The zero-order valence-electron chi connectivity index (χ0n) is 31.5. The predicted molar refractivity (Wildman–Crippen MR) is 203 cm³/mol. The first-order valence-electron chi connectivity index (χ1n) is 18.6. The Balaban J connectivity index is 0.783. The number of aliphatic hydroxyl groups excluding tert-OH is 1. The lowest BCUT2D eigenvalue weighted by molar-refractivity contribution is -0.126. The van der Waals surface area contributed by atoms with Crippen molar-refractivity contribution in [3.63, 3.8) is 0 Å². The third-order valence-electron chi connectivity index (χ3n) is 8.16. The van der Waals surface area contributed by atoms with Crippen LogP contribution < -0.4 is 16.8 Å². The van der Waals surface area contributed by atoms with Gasteiger partial charge in [0.1, 0.15) is 30.0 Å². The molecular formula is C36H52N10O10. The number of hydrogen-bond acceptors (Lipinski definition) is 17. The van der Waals surface area contributed by atoms with Crippen LogP contribution in [0.2, 0.25) is 0 Å². The number of imidazole rings is 1. The molecule has 0 aliphatic rings. The Hall–Kier alpha value is -4.80. The van der Waals surface area contributed by atoms with E-state index in [0.717, 1.165) is 18.4 Å². The molecule has 0 saturated carbocycles. The number of nitrogens with zero attached hydrogens (tertiary/aromatic N) is 7. The molecule has 6 N–H and O–H groups in total. The van der Waals surface area contributed by atoms with Crippen molar-refractivity contribution in [2.45, 2.75) is 32.5 Å². The average Bonchev–Trinajstić information content (AvgIpc) is 3.93. The van der Waals surface area contributed by atoms with Gasteiger partial charge in [0.05, 0.1) is 110 Å². The Morgan fingerprint density at radius 1 is 0.786 bits per heavy atom. The molecule has 0 bridgehead atoms. The summed E-state index contributed by atoms with van der Waals surface area (Å²) in [6.07, 6.45) is 6.35. The molecule has 0 atom stereocenters. The molecule has 20 nitrogen and oxygen atoms in total. The summed E-state index contributed by atoms with van der Waals surface area (Å²) in [6.45, 7) is 7.47. The number of nitrogens with one attached hydrogen (secondary N) is 1. The maximum Gasteiger partial charge on any atom is 0.292 e. The maximum atomic E-state index is 12.2. The number of oxazole rings is 1. The zero-order chi connectivity index (χ0) is 39.2. The van der Waals surface area contributed by atoms with Crippen molar-refractivity contribution in [2.24, 2.45) is 0 Å². The molecule has 1 aromatic carbocycles. The van der Waals surface area contributed by atoms with Gasteiger partial charge in [0.15, 0.2) is 11.2 Å². The summed E-state index contributed by atoms with van der Waals surface area (Å²) in [4.78, 5) is 29.0. The van der Waals surface area contributed by atoms with Crippen molar-refractivity contribution in [2.75, 3.05) is 111 Å². The topological polar surface area (TPSA) is 253 Å². The molecule has 1 amide bonds. The molecule has 0 aliphatic carbocycles. The molecule has 306 valence electrons. The van der Waals surface area contributed by atoms with Crippen LogP contribution in [0.15, 0.2) is 41.5 Å². The number of unbranched alkanes of at least 4 members (excludes halogenated alkanes) is 1. The van der Waals surface area contributed by atoms with Crippen LogP contribution in [0.1, 0.15) is 18.5 Å². The summed E-state index contributed by atoms with van der Waals surface area (Å²) in [7, 11) is 0. The monoisotopic (exact) mass is 784 g/mol. The van der Waals surface area contributed by atoms with Crippen LogP contribution in [0.5, 0.6) is 0 Å². The molecule has 56 heavy (non-hydrogen) atoms. The maximum absolute atomic E-state index is 12.2. The van der Waals surface area contributed by atoms with E-state index in [4.69, 9.17) is 59.2 Å². The highest BCUT2D eigenvalue weighted by Gasteiger charge is 2.18. The van der Waals surface area contributed by atoms with E-state index in [9.17, 15) is 4.79 Å². The number of aromatic nitrogens is 7. The number of fused-ring (bicyclic) bond motifs is 2. The van der Waals surface area contributed by atoms with Crippen LogP contribution >= 0.6 is 0 Å². The first kappa shape index (κ1) is 42.3. The van der Waals surface area contributed by atoms with Crippen molar-refractivity contribution >= 4 is 39.9 Å². The van der Waals surface area contributed by atoms with Gasteiger partial charge in [-0.05, 0) is 31.0 Å². The van der Waals surface area contributed by atoms with E-state index in [1.807, 2.05) is 16.7 Å². The number of carbonyl (C=O) groups is 1. The van der Waals surface area contributed by atoms with Gasteiger partial charge in [-0.15, -0.1) is 0 Å². The second-order valence-corrected chi connectivity index (χ2v) is 12.3. The second kappa shape index (κ2) is 24.0. The first-order chi connectivity index (χ1) is 27.5. The Kier molecular flexibility index (Phi) is 18.1. The Bertz CT molecular complexity index is 1880. The lowest BCUT2D eigenvalue weighted by atomic mass is 10.1. The van der Waals surface area contributed by atoms with Crippen LogP contribution in [0, 0.1) is 0 Å². The molecule has 0 fully saturated rings. The number of hydrogen-bond donors (Lipinski definition) is 4. The SMILES string of the molecule is Nc1nc2cc(-c3nn(CCCCNC(=O)COCCOCCOCCOCCOCCOCCOCCn4cnc(CO)c4)c4ncnc(N)c34)ccc2o1. The number of aryl methyl sites for hydroxylation is 1. The molecule has 4 aromatic heterocycles. The highest BCUT2D eigenvalue weighted by atomic mass is 16.6. The van der Waals surface area contributed by atoms with Gasteiger partial charge in [0.2, 0.25) is 5.91 Å². The Morgan fingerprint density at radius 2 is 1.43 bits per heavy atom. The fourth-order valence-corrected chi connectivity index (χ4v) is 5.41. The summed E-state index contributed by atoms with van der Waals surface area (Å²) in [6, 6.07) is 5.59. The molecule has 0 radical (unpaired) electrons. The predicted octanol–water partition coefficient (Wildman–Crippen LogP) is 1.20. The average molecular weight is 785 g/mol. The molecule has 5 aromatic rings. The van der Waals surface area contributed by atoms with Gasteiger partial charge < -0.3 is 64.0 Å². The van der Waals surface area contributed by atoms with Gasteiger partial charge in [-0.2, -0.15) is 10.1 Å². The van der Waals surface area contributed by atoms with Crippen molar-refractivity contribution in [1.82, 2.24) is 39.6 Å². The quantitative estimate of drug-likeness (QED) is 0.0477. The van der Waals surface area contributed by atoms with E-state index in [1.165, 1.54) is 6.33 Å². The van der Waals surface area contributed by atoms with Crippen molar-refractivity contribution in [1.29, 1.82) is 0 Å². The number of amides is 1. The van der Waals surface area contributed by atoms with Gasteiger partial charge in [0, 0.05) is 31.4 Å². The lowest BCUT2D eigenvalue weighted by Crippen LogP contribution is -2.29. The van der Waals surface area contributed by atoms with Gasteiger partial charge in [-0.1, -0.05) is 0 Å². The molecule has 0 aliphatic heterocycles. The number of rotatable bonds is 30. The molecule has 0 saturated heterocycles. The lowest BCUT2D eigenvalue weighted by Gasteiger charge is -2.09. The normalized spacial score (nSPS) is 11.7. The van der Waals surface area contributed by atoms with Crippen molar-refractivity contribution in [3.05, 3.63) is 42.7 Å². The van der Waals surface area contributed by atoms with Crippen LogP contribution in [-0.4, -0.2) is 144 Å². The Morgan fingerprint density at radius 3 is 2.07 bits per heavy atom. The number of benzene rings is 1. The largest absolute Gasteiger partial charge is 0.424 e. The zero-order valence-corrected chi connectivity index (χ0v) is 31.5. The highest BCUT2D eigenvalue weighted by Crippen LogP contribution is 2.32. The minimum Gasteiger partial charge on any atom is -0.424 e. The molecule has 20 heteroatoms. The summed E-state index contributed by atoms with van der Waals surface area (Å²) in [5, 5.41) is 17.3. The van der Waals surface area contributed by atoms with E-state index in [-0.39, 0.29) is 25.1 Å². The van der Waals surface area contributed by atoms with Gasteiger partial charge in [-0.25, -0.2) is 19.6 Å². The number of ether oxygens (including phenoxy) is 7. The fraction of sp³-hybridized carbons (Fsp3) is 0.556. The fourth-order valence-electron chi connectivity index (χ4n) is 5.41. The molecule has 4 heterocycles. The minimum absolute atomic E-state index is 0.0455. The van der Waals surface area contributed by atoms with Crippen LogP contribution in [-0.2, 0) is 57.6 Å². The number of carbonyl (C=O) groups excluding carboxylic acids is 1. The van der Waals surface area contributed by atoms with Crippen LogP contribution in [0.4, 0.5) is 11.8 Å². The van der Waals surface area contributed by atoms with Crippen molar-refractivity contribution in [3.8, 4) is 11.3 Å². The van der Waals surface area contributed by atoms with E-state index in [0.29, 0.717) is 145 Å². The van der Waals surface area contributed by atoms with E-state index < -0.39 is 0 Å². The third kappa shape index (κ3) is 14.0. The van der Waals surface area contributed by atoms with Crippen molar-refractivity contribution < 1.29 is 47.5 Å². The standard InChI is InChI=1S/C36H52N10O10/c37-34-32-33(27-3-4-30-29(21-27)43-36(38)56-30)44-46(35(32)41-25-40-34)6-2-1-5-39-31(48)24-55-20-19-54-18-17-53-16-15-52-14-13-51-12-11-50-10-9-49-8-7-45-22-28(23-47)42-26-45/h3-4,21-22,25-26,47H,1-2,5-20,23-24H2,(H2,38,43)(H,39,48)(H2,37,40,41). The number of nitrogen functional groups attached to an aromatic ring is 2. The van der Waals surface area contributed by atoms with E-state index in [1.54, 1.807) is 23.3 Å². The van der Waals surface area contributed by atoms with Gasteiger partial charge >= 0.3 is 0 Å². The Labute approximate surface area is 323 Å². The minimum atomic E-state index is -0.192.